The van der Waals surface area contributed by atoms with Crippen LogP contribution >= 0.6 is 15.9 Å². The monoisotopic (exact) mass is 564 g/mol. The van der Waals surface area contributed by atoms with Crippen LogP contribution in [0.5, 0.6) is 11.5 Å². The summed E-state index contributed by atoms with van der Waals surface area (Å²) in [5, 5.41) is 0. The van der Waals surface area contributed by atoms with Gasteiger partial charge in [0.05, 0.1) is 12.2 Å². The lowest BCUT2D eigenvalue weighted by Gasteiger charge is -2.09. The van der Waals surface area contributed by atoms with Crippen LogP contribution in [-0.2, 0) is 6.42 Å². The summed E-state index contributed by atoms with van der Waals surface area (Å²) in [6.45, 7) is 5.23. The maximum atomic E-state index is 12.7. The lowest BCUT2D eigenvalue weighted by Crippen LogP contribution is -2.08. The standard InChI is InChI=1S/C33H41BrO3/c1-3-5-7-9-10-12-24-36-30-20-16-26(17-21-30)27-18-22-31(23-19-27)37-33(35)29-15-14-28(32(34)25-29)13-11-8-6-4-2/h14-23,25H,3-13,24H2,1-2H3. The molecule has 4 heteroatoms. The Hall–Kier alpha value is -2.59. The van der Waals surface area contributed by atoms with Crippen LogP contribution in [0.3, 0.4) is 0 Å². The molecule has 0 unspecified atom stereocenters. The van der Waals surface area contributed by atoms with Crippen molar-refractivity contribution in [3.05, 3.63) is 82.3 Å². The molecule has 0 N–H and O–H groups in total. The van der Waals surface area contributed by atoms with Gasteiger partial charge in [-0.3, -0.25) is 0 Å². The number of carbonyl (C=O) groups excluding carboxylic acids is 1. The van der Waals surface area contributed by atoms with Crippen LogP contribution < -0.4 is 9.47 Å². The van der Waals surface area contributed by atoms with Gasteiger partial charge in [-0.05, 0) is 72.4 Å². The quantitative estimate of drug-likeness (QED) is 0.0985. The van der Waals surface area contributed by atoms with E-state index < -0.39 is 0 Å². The van der Waals surface area contributed by atoms with Gasteiger partial charge in [0.25, 0.3) is 0 Å². The van der Waals surface area contributed by atoms with E-state index >= 15 is 0 Å². The van der Waals surface area contributed by atoms with Gasteiger partial charge in [-0.25, -0.2) is 4.79 Å². The Morgan fingerprint density at radius 3 is 1.86 bits per heavy atom. The number of aryl methyl sites for hydroxylation is 1. The van der Waals surface area contributed by atoms with Gasteiger partial charge in [0.15, 0.2) is 0 Å². The molecule has 0 amide bonds. The number of unbranched alkanes of at least 4 members (excludes halogenated alkanes) is 8. The van der Waals surface area contributed by atoms with Gasteiger partial charge in [0.1, 0.15) is 11.5 Å². The third-order valence-electron chi connectivity index (χ3n) is 6.61. The Labute approximate surface area is 231 Å². The number of ether oxygens (including phenoxy) is 2. The molecule has 0 saturated heterocycles. The van der Waals surface area contributed by atoms with Gasteiger partial charge < -0.3 is 9.47 Å². The summed E-state index contributed by atoms with van der Waals surface area (Å²) in [6.07, 6.45) is 13.5. The summed E-state index contributed by atoms with van der Waals surface area (Å²) < 4.78 is 12.5. The van der Waals surface area contributed by atoms with Gasteiger partial charge in [-0.1, -0.05) is 111 Å². The number of esters is 1. The smallest absolute Gasteiger partial charge is 0.343 e. The Kier molecular flexibility index (Phi) is 12.8. The van der Waals surface area contributed by atoms with Crippen molar-refractivity contribution in [3.8, 4) is 22.6 Å². The Balaban J connectivity index is 1.47. The summed E-state index contributed by atoms with van der Waals surface area (Å²) in [5.41, 5.74) is 3.95. The van der Waals surface area contributed by atoms with Crippen LogP contribution in [0.15, 0.2) is 71.2 Å². The molecule has 0 aromatic heterocycles. The van der Waals surface area contributed by atoms with E-state index in [0.29, 0.717) is 11.3 Å². The predicted octanol–water partition coefficient (Wildman–Crippen LogP) is 10.2. The molecule has 0 atom stereocenters. The van der Waals surface area contributed by atoms with Gasteiger partial charge in [0, 0.05) is 4.47 Å². The van der Waals surface area contributed by atoms with Crippen molar-refractivity contribution in [1.29, 1.82) is 0 Å². The van der Waals surface area contributed by atoms with E-state index in [1.807, 2.05) is 54.6 Å². The highest BCUT2D eigenvalue weighted by Crippen LogP contribution is 2.26. The summed E-state index contributed by atoms with van der Waals surface area (Å²) >= 11 is 3.62. The van der Waals surface area contributed by atoms with Crippen molar-refractivity contribution in [2.75, 3.05) is 6.61 Å². The second-order valence-corrected chi connectivity index (χ2v) is 10.5. The molecule has 3 aromatic carbocycles. The zero-order valence-electron chi connectivity index (χ0n) is 22.4. The van der Waals surface area contributed by atoms with E-state index in [-0.39, 0.29) is 5.97 Å². The maximum absolute atomic E-state index is 12.7. The molecule has 0 saturated carbocycles. The molecule has 3 nitrogen and oxygen atoms in total. The minimum Gasteiger partial charge on any atom is -0.494 e. The summed E-state index contributed by atoms with van der Waals surface area (Å²) in [7, 11) is 0. The van der Waals surface area contributed by atoms with Gasteiger partial charge in [-0.15, -0.1) is 0 Å². The van der Waals surface area contributed by atoms with Crippen LogP contribution in [0.4, 0.5) is 0 Å². The maximum Gasteiger partial charge on any atom is 0.343 e. The SMILES string of the molecule is CCCCCCCCOc1ccc(-c2ccc(OC(=O)c3ccc(CCCCCC)c(Br)c3)cc2)cc1. The molecule has 0 radical (unpaired) electrons. The highest BCUT2D eigenvalue weighted by atomic mass is 79.9. The average molecular weight is 566 g/mol. The van der Waals surface area contributed by atoms with Crippen molar-refractivity contribution in [2.24, 2.45) is 0 Å². The largest absolute Gasteiger partial charge is 0.494 e. The third-order valence-corrected chi connectivity index (χ3v) is 7.35. The zero-order chi connectivity index (χ0) is 26.3. The number of rotatable bonds is 16. The molecule has 3 rings (SSSR count). The van der Waals surface area contributed by atoms with Crippen molar-refractivity contribution in [2.45, 2.75) is 84.5 Å². The summed E-state index contributed by atoms with van der Waals surface area (Å²) in [6, 6.07) is 21.6. The number of hydrogen-bond acceptors (Lipinski definition) is 3. The first kappa shape index (κ1) is 29.0. The molecule has 0 bridgehead atoms. The molecule has 0 spiro atoms. The van der Waals surface area contributed by atoms with Crippen LogP contribution in [0.2, 0.25) is 0 Å². The normalized spacial score (nSPS) is 10.9. The topological polar surface area (TPSA) is 35.5 Å². The van der Waals surface area contributed by atoms with Crippen LogP contribution in [0.1, 0.15) is 94.0 Å². The minimum absolute atomic E-state index is 0.349. The predicted molar refractivity (Wildman–Crippen MR) is 158 cm³/mol. The lowest BCUT2D eigenvalue weighted by atomic mass is 10.0. The van der Waals surface area contributed by atoms with Crippen molar-refractivity contribution in [1.82, 2.24) is 0 Å². The fourth-order valence-corrected chi connectivity index (χ4v) is 4.89. The van der Waals surface area contributed by atoms with E-state index in [0.717, 1.165) is 47.2 Å². The molecule has 0 aliphatic rings. The van der Waals surface area contributed by atoms with Gasteiger partial charge in [-0.2, -0.15) is 0 Å². The van der Waals surface area contributed by atoms with E-state index in [1.54, 1.807) is 0 Å². The first-order valence-electron chi connectivity index (χ1n) is 13.9. The van der Waals surface area contributed by atoms with E-state index in [2.05, 4.69) is 41.9 Å². The fourth-order valence-electron chi connectivity index (χ4n) is 4.32. The average Bonchev–Trinajstić information content (AvgIpc) is 2.92. The Morgan fingerprint density at radius 1 is 0.676 bits per heavy atom. The Morgan fingerprint density at radius 2 is 1.24 bits per heavy atom. The molecule has 3 aromatic rings. The number of carbonyl (C=O) groups is 1. The number of hydrogen-bond donors (Lipinski definition) is 0. The molecule has 0 fully saturated rings. The van der Waals surface area contributed by atoms with Crippen molar-refractivity contribution < 1.29 is 14.3 Å². The van der Waals surface area contributed by atoms with Gasteiger partial charge in [0.2, 0.25) is 0 Å². The molecular formula is C33H41BrO3. The zero-order valence-corrected chi connectivity index (χ0v) is 24.0. The minimum atomic E-state index is -0.349. The first-order valence-corrected chi connectivity index (χ1v) is 14.7. The lowest BCUT2D eigenvalue weighted by molar-refractivity contribution is 0.0734. The van der Waals surface area contributed by atoms with Crippen LogP contribution in [-0.4, -0.2) is 12.6 Å². The third kappa shape index (κ3) is 10.0. The molecular weight excluding hydrogens is 524 g/mol. The first-order chi connectivity index (χ1) is 18.1. The van der Waals surface area contributed by atoms with E-state index in [4.69, 9.17) is 9.47 Å². The van der Waals surface area contributed by atoms with Crippen molar-refractivity contribution >= 4 is 21.9 Å². The van der Waals surface area contributed by atoms with Crippen molar-refractivity contribution in [3.63, 3.8) is 0 Å². The van der Waals surface area contributed by atoms with E-state index in [1.165, 1.54) is 56.9 Å². The summed E-state index contributed by atoms with van der Waals surface area (Å²) in [4.78, 5) is 12.7. The molecule has 37 heavy (non-hydrogen) atoms. The van der Waals surface area contributed by atoms with E-state index in [9.17, 15) is 4.79 Å². The number of benzene rings is 3. The highest BCUT2D eigenvalue weighted by Gasteiger charge is 2.11. The number of halogens is 1. The second kappa shape index (κ2) is 16.3. The molecule has 0 aliphatic carbocycles. The summed E-state index contributed by atoms with van der Waals surface area (Å²) in [5.74, 6) is 1.09. The Bertz CT molecular complexity index is 1070. The van der Waals surface area contributed by atoms with Gasteiger partial charge >= 0.3 is 5.97 Å². The molecule has 198 valence electrons. The van der Waals surface area contributed by atoms with Crippen LogP contribution in [0.25, 0.3) is 11.1 Å². The highest BCUT2D eigenvalue weighted by molar-refractivity contribution is 9.10. The van der Waals surface area contributed by atoms with Crippen LogP contribution in [0, 0.1) is 0 Å². The molecule has 0 aliphatic heterocycles. The fraction of sp³-hybridized carbons (Fsp3) is 0.424. The second-order valence-electron chi connectivity index (χ2n) is 9.67. The molecule has 0 heterocycles.